The molecule has 4 heteroatoms. The number of hydrogen-bond acceptors (Lipinski definition) is 2. The van der Waals surface area contributed by atoms with Crippen LogP contribution in [0.1, 0.15) is 6.92 Å². The Kier molecular flexibility index (Phi) is 2.80. The smallest absolute Gasteiger partial charge is 0.351 e. The monoisotopic (exact) mass is 206 g/mol. The van der Waals surface area contributed by atoms with Gasteiger partial charge in [-0.15, -0.1) is 6.58 Å². The molecule has 1 rings (SSSR count). The highest BCUT2D eigenvalue weighted by atomic mass is 35.5. The van der Waals surface area contributed by atoms with Crippen LogP contribution in [0.3, 0.4) is 0 Å². The number of rotatable bonds is 2. The fourth-order valence-electron chi connectivity index (χ4n) is 0.903. The summed E-state index contributed by atoms with van der Waals surface area (Å²) in [5.74, 6) is -0.571. The van der Waals surface area contributed by atoms with Crippen molar-refractivity contribution < 1.29 is 9.53 Å². The van der Waals surface area contributed by atoms with E-state index >= 15 is 0 Å². The van der Waals surface area contributed by atoms with Gasteiger partial charge in [-0.3, -0.25) is 0 Å². The van der Waals surface area contributed by atoms with Crippen LogP contribution in [0, 0.1) is 5.92 Å². The molecular weight excluding hydrogens is 199 g/mol. The molecule has 0 aromatic carbocycles. The van der Waals surface area contributed by atoms with Gasteiger partial charge in [0, 0.05) is 5.92 Å². The largest absolute Gasteiger partial charge is 0.452 e. The summed E-state index contributed by atoms with van der Waals surface area (Å²) in [7, 11) is 0. The Labute approximate surface area is 80.8 Å². The molecule has 0 spiro atoms. The highest BCUT2D eigenvalue weighted by molar-refractivity contribution is 6.48. The van der Waals surface area contributed by atoms with Gasteiger partial charge in [-0.2, -0.15) is 0 Å². The number of cyclic esters (lactones) is 1. The molecule has 0 saturated heterocycles. The van der Waals surface area contributed by atoms with E-state index in [9.17, 15) is 4.79 Å². The first kappa shape index (κ1) is 9.62. The normalized spacial score (nSPS) is 25.6. The van der Waals surface area contributed by atoms with Crippen molar-refractivity contribution in [1.29, 1.82) is 0 Å². The van der Waals surface area contributed by atoms with Gasteiger partial charge in [-0.1, -0.05) is 36.2 Å². The van der Waals surface area contributed by atoms with Crippen molar-refractivity contribution in [3.05, 3.63) is 22.7 Å². The second kappa shape index (κ2) is 3.50. The maximum Gasteiger partial charge on any atom is 0.351 e. The number of carbonyl (C=O) groups excluding carboxylic acids is 1. The molecule has 0 fully saturated rings. The highest BCUT2D eigenvalue weighted by Gasteiger charge is 2.34. The molecule has 12 heavy (non-hydrogen) atoms. The van der Waals surface area contributed by atoms with E-state index in [0.29, 0.717) is 0 Å². The van der Waals surface area contributed by atoms with Gasteiger partial charge in [0.05, 0.1) is 5.03 Å². The second-order valence-electron chi connectivity index (χ2n) is 2.58. The third-order valence-electron chi connectivity index (χ3n) is 1.72. The van der Waals surface area contributed by atoms with Crippen LogP contribution in [0.15, 0.2) is 22.7 Å². The van der Waals surface area contributed by atoms with Gasteiger partial charge in [0.15, 0.2) is 0 Å². The van der Waals surface area contributed by atoms with E-state index in [2.05, 4.69) is 6.58 Å². The van der Waals surface area contributed by atoms with Gasteiger partial charge in [0.25, 0.3) is 0 Å². The predicted molar refractivity (Wildman–Crippen MR) is 48.0 cm³/mol. The Bertz CT molecular complexity index is 258. The van der Waals surface area contributed by atoms with Crippen LogP contribution in [0.5, 0.6) is 0 Å². The first-order valence-electron chi connectivity index (χ1n) is 3.46. The number of ether oxygens (including phenoxy) is 1. The van der Waals surface area contributed by atoms with E-state index in [1.807, 2.05) is 6.92 Å². The van der Waals surface area contributed by atoms with Crippen LogP contribution in [0.4, 0.5) is 0 Å². The first-order chi connectivity index (χ1) is 5.57. The first-order valence-corrected chi connectivity index (χ1v) is 4.22. The molecule has 2 unspecified atom stereocenters. The molecule has 1 aliphatic heterocycles. The number of carbonyl (C=O) groups is 1. The van der Waals surface area contributed by atoms with E-state index in [4.69, 9.17) is 27.9 Å². The minimum absolute atomic E-state index is 0.0160. The third-order valence-corrected chi connectivity index (χ3v) is 2.58. The van der Waals surface area contributed by atoms with Gasteiger partial charge < -0.3 is 4.74 Å². The quantitative estimate of drug-likeness (QED) is 0.513. The predicted octanol–water partition coefficient (Wildman–Crippen LogP) is 2.42. The summed E-state index contributed by atoms with van der Waals surface area (Å²) < 4.78 is 4.89. The van der Waals surface area contributed by atoms with E-state index in [-0.39, 0.29) is 16.0 Å². The average Bonchev–Trinajstić information content (AvgIpc) is 2.32. The molecule has 2 nitrogen and oxygen atoms in total. The molecule has 0 N–H and O–H groups in total. The lowest BCUT2D eigenvalue weighted by Crippen LogP contribution is -2.17. The van der Waals surface area contributed by atoms with Crippen LogP contribution in [0.25, 0.3) is 0 Å². The summed E-state index contributed by atoms with van der Waals surface area (Å²) in [6.07, 6.45) is 1.21. The fraction of sp³-hybridized carbons (Fsp3) is 0.375. The molecule has 1 heterocycles. The van der Waals surface area contributed by atoms with Crippen molar-refractivity contribution in [3.63, 3.8) is 0 Å². The standard InChI is InChI=1S/C8H8Cl2O2/c1-3-4(2)7-5(9)6(10)8(11)12-7/h3-4,7H,1H2,2H3. The van der Waals surface area contributed by atoms with Crippen molar-refractivity contribution in [2.45, 2.75) is 13.0 Å². The zero-order chi connectivity index (χ0) is 9.30. The minimum atomic E-state index is -0.555. The van der Waals surface area contributed by atoms with Gasteiger partial charge in [0.1, 0.15) is 11.1 Å². The molecule has 0 aliphatic carbocycles. The van der Waals surface area contributed by atoms with Gasteiger partial charge in [-0.25, -0.2) is 4.79 Å². The summed E-state index contributed by atoms with van der Waals surface area (Å²) in [4.78, 5) is 10.9. The zero-order valence-corrected chi connectivity index (χ0v) is 8.02. The SMILES string of the molecule is C=CC(C)C1OC(=O)C(Cl)=C1Cl. The topological polar surface area (TPSA) is 26.3 Å². The number of halogens is 2. The molecular formula is C8H8Cl2O2. The Morgan fingerprint density at radius 3 is 2.58 bits per heavy atom. The van der Waals surface area contributed by atoms with Crippen molar-refractivity contribution in [2.24, 2.45) is 5.92 Å². The van der Waals surface area contributed by atoms with Crippen LogP contribution >= 0.6 is 23.2 Å². The highest BCUT2D eigenvalue weighted by Crippen LogP contribution is 2.32. The maximum absolute atomic E-state index is 10.9. The molecule has 0 aromatic rings. The fourth-order valence-corrected chi connectivity index (χ4v) is 1.38. The van der Waals surface area contributed by atoms with E-state index in [1.54, 1.807) is 6.08 Å². The summed E-state index contributed by atoms with van der Waals surface area (Å²) in [6, 6.07) is 0. The lowest BCUT2D eigenvalue weighted by Gasteiger charge is -2.14. The molecule has 0 bridgehead atoms. The molecule has 1 aliphatic rings. The summed E-state index contributed by atoms with van der Waals surface area (Å²) in [6.45, 7) is 5.42. The zero-order valence-electron chi connectivity index (χ0n) is 6.51. The lowest BCUT2D eigenvalue weighted by atomic mass is 10.1. The molecule has 2 atom stereocenters. The van der Waals surface area contributed by atoms with Gasteiger partial charge >= 0.3 is 5.97 Å². The van der Waals surface area contributed by atoms with Gasteiger partial charge in [-0.05, 0) is 0 Å². The number of esters is 1. The molecule has 0 saturated carbocycles. The van der Waals surface area contributed by atoms with Crippen LogP contribution in [-0.4, -0.2) is 12.1 Å². The number of hydrogen-bond donors (Lipinski definition) is 0. The molecule has 66 valence electrons. The minimum Gasteiger partial charge on any atom is -0.452 e. The van der Waals surface area contributed by atoms with E-state index < -0.39 is 12.1 Å². The summed E-state index contributed by atoms with van der Waals surface area (Å²) in [5.41, 5.74) is 0. The molecule has 0 radical (unpaired) electrons. The molecule has 0 aromatic heterocycles. The summed E-state index contributed by atoms with van der Waals surface area (Å²) >= 11 is 11.3. The summed E-state index contributed by atoms with van der Waals surface area (Å²) in [5, 5.41) is 0.254. The third kappa shape index (κ3) is 1.50. The Balaban J connectivity index is 2.86. The molecule has 0 amide bonds. The Hall–Kier alpha value is -0.470. The van der Waals surface area contributed by atoms with E-state index in [0.717, 1.165) is 0 Å². The van der Waals surface area contributed by atoms with Crippen LogP contribution in [0.2, 0.25) is 0 Å². The van der Waals surface area contributed by atoms with Crippen LogP contribution in [-0.2, 0) is 9.53 Å². The average molecular weight is 207 g/mol. The Morgan fingerprint density at radius 1 is 1.67 bits per heavy atom. The van der Waals surface area contributed by atoms with Crippen molar-refractivity contribution in [1.82, 2.24) is 0 Å². The van der Waals surface area contributed by atoms with Crippen molar-refractivity contribution in [2.75, 3.05) is 0 Å². The van der Waals surface area contributed by atoms with Crippen LogP contribution < -0.4 is 0 Å². The van der Waals surface area contributed by atoms with Gasteiger partial charge in [0.2, 0.25) is 0 Å². The Morgan fingerprint density at radius 2 is 2.25 bits per heavy atom. The maximum atomic E-state index is 10.9. The van der Waals surface area contributed by atoms with Crippen molar-refractivity contribution >= 4 is 29.2 Å². The van der Waals surface area contributed by atoms with E-state index in [1.165, 1.54) is 0 Å². The second-order valence-corrected chi connectivity index (χ2v) is 3.37. The lowest BCUT2D eigenvalue weighted by molar-refractivity contribution is -0.140. The van der Waals surface area contributed by atoms with Crippen molar-refractivity contribution in [3.8, 4) is 0 Å².